The molecule has 28 valence electrons. The molecule has 0 aromatic heterocycles. The first-order valence-electron chi connectivity index (χ1n) is 1.65. The Kier molecular flexibility index (Phi) is 3.42. The molecule has 0 saturated heterocycles. The zero-order chi connectivity index (χ0) is 4.12. The maximum absolute atomic E-state index is 6.32. The van der Waals surface area contributed by atoms with E-state index in [0.29, 0.717) is 0 Å². The molecule has 0 aliphatic carbocycles. The van der Waals surface area contributed by atoms with Crippen LogP contribution in [-0.2, 0) is 0 Å². The summed E-state index contributed by atoms with van der Waals surface area (Å²) >= 11 is 0. The first kappa shape index (κ1) is 4.67. The number of hydrogen-bond donors (Lipinski definition) is 1. The molecule has 1 N–H and O–H groups in total. The fourth-order valence-corrected chi connectivity index (χ4v) is 0.306. The zero-order valence-corrected chi connectivity index (χ0v) is 5.28. The van der Waals surface area contributed by atoms with Crippen molar-refractivity contribution in [2.45, 2.75) is 6.04 Å². The van der Waals surface area contributed by atoms with Crippen LogP contribution in [0.5, 0.6) is 0 Å². The topological polar surface area (TPSA) is 23.9 Å². The molecule has 0 aliphatic rings. The lowest BCUT2D eigenvalue weighted by Crippen LogP contribution is -1.53. The van der Waals surface area contributed by atoms with Gasteiger partial charge in [0.2, 0.25) is 0 Å². The van der Waals surface area contributed by atoms with Gasteiger partial charge in [-0.3, -0.25) is 5.41 Å². The lowest BCUT2D eigenvalue weighted by Gasteiger charge is -1.57. The third kappa shape index (κ3) is 3.67. The third-order valence-electron chi connectivity index (χ3n) is 0.306. The van der Waals surface area contributed by atoms with E-state index in [0.717, 1.165) is 16.3 Å². The minimum absolute atomic E-state index is 1.06. The monoisotopic (exact) mass is 85.0 g/mol. The summed E-state index contributed by atoms with van der Waals surface area (Å²) in [6.45, 7) is 0. The van der Waals surface area contributed by atoms with E-state index in [2.05, 4.69) is 5.87 Å². The Morgan fingerprint density at radius 2 is 2.60 bits per heavy atom. The van der Waals surface area contributed by atoms with Gasteiger partial charge in [0.1, 0.15) is 0 Å². The van der Waals surface area contributed by atoms with Crippen LogP contribution in [0.25, 0.3) is 0 Å². The van der Waals surface area contributed by atoms with Gasteiger partial charge in [-0.2, -0.15) is 0 Å². The van der Waals surface area contributed by atoms with Gasteiger partial charge in [0.15, 0.2) is 0 Å². The van der Waals surface area contributed by atoms with Crippen LogP contribution in [0, 0.1) is 5.41 Å². The van der Waals surface area contributed by atoms with Crippen molar-refractivity contribution in [3.8, 4) is 0 Å². The second-order valence-corrected chi connectivity index (χ2v) is 1.57. The van der Waals surface area contributed by atoms with Crippen molar-refractivity contribution in [2.75, 3.05) is 0 Å². The summed E-state index contributed by atoms with van der Waals surface area (Å²) in [5.74, 6) is 2.18. The molecule has 0 aromatic rings. The van der Waals surface area contributed by atoms with E-state index >= 15 is 0 Å². The van der Waals surface area contributed by atoms with Gasteiger partial charge in [-0.05, 0) is 18.0 Å². The van der Waals surface area contributed by atoms with Gasteiger partial charge in [0.25, 0.3) is 0 Å². The molecule has 0 aliphatic heterocycles. The number of hydrogen-bond acceptors (Lipinski definition) is 1. The Hall–Kier alpha value is -0.333. The highest BCUT2D eigenvalue weighted by Crippen LogP contribution is 1.61. The molecule has 0 atom stereocenters. The van der Waals surface area contributed by atoms with Crippen LogP contribution < -0.4 is 0 Å². The summed E-state index contributed by atoms with van der Waals surface area (Å²) in [4.78, 5) is 0. The number of nitrogens with one attached hydrogen (secondary N) is 1. The fraction of sp³-hybridized carbons (Fsp3) is 0.333. The van der Waals surface area contributed by atoms with Gasteiger partial charge in [-0.25, -0.2) is 0 Å². The summed E-state index contributed by atoms with van der Waals surface area (Å²) in [6, 6.07) is 1.06. The molecule has 0 spiro atoms. The van der Waals surface area contributed by atoms with E-state index < -0.39 is 0 Å². The van der Waals surface area contributed by atoms with Crippen molar-refractivity contribution >= 4 is 16.1 Å². The molecule has 0 bridgehead atoms. The highest BCUT2D eigenvalue weighted by Gasteiger charge is 1.51. The van der Waals surface area contributed by atoms with Gasteiger partial charge in [-0.1, -0.05) is 0 Å². The molecule has 2 heteroatoms. The van der Waals surface area contributed by atoms with E-state index in [-0.39, 0.29) is 0 Å². The molecule has 0 amide bonds. The average molecular weight is 85.2 g/mol. The Balaban J connectivity index is 2.93. The second kappa shape index (κ2) is 3.67. The minimum Gasteiger partial charge on any atom is -0.259 e. The van der Waals surface area contributed by atoms with E-state index in [9.17, 15) is 0 Å². The van der Waals surface area contributed by atoms with Crippen LogP contribution in [0.3, 0.4) is 0 Å². The molecule has 1 nitrogen and oxygen atoms in total. The Morgan fingerprint density at radius 3 is 2.60 bits per heavy atom. The van der Waals surface area contributed by atoms with Gasteiger partial charge >= 0.3 is 0 Å². The molecular weight excluding hydrogens is 78.1 g/mol. The lowest BCUT2D eigenvalue weighted by atomic mass is 10.7. The summed E-state index contributed by atoms with van der Waals surface area (Å²) in [5.41, 5.74) is 0. The third-order valence-corrected chi connectivity index (χ3v) is 0.714. The van der Waals surface area contributed by atoms with Crippen LogP contribution in [0.15, 0.2) is 6.08 Å². The van der Waals surface area contributed by atoms with Crippen molar-refractivity contribution in [1.82, 2.24) is 0 Å². The first-order valence-corrected chi connectivity index (χ1v) is 3.07. The molecule has 0 heterocycles. The van der Waals surface area contributed by atoms with E-state index in [1.54, 1.807) is 6.08 Å². The summed E-state index contributed by atoms with van der Waals surface area (Å²) < 4.78 is 0. The van der Waals surface area contributed by atoms with Crippen LogP contribution >= 0.6 is 0 Å². The summed E-state index contributed by atoms with van der Waals surface area (Å²) in [6.07, 6.45) is 1.73. The normalized spacial score (nSPS) is 6.40. The van der Waals surface area contributed by atoms with Crippen molar-refractivity contribution in [3.05, 3.63) is 6.08 Å². The molecule has 0 aromatic carbocycles. The van der Waals surface area contributed by atoms with Crippen molar-refractivity contribution in [3.63, 3.8) is 0 Å². The lowest BCUT2D eigenvalue weighted by molar-refractivity contribution is 1.58. The Morgan fingerprint density at radius 1 is 2.00 bits per heavy atom. The molecule has 0 unspecified atom stereocenters. The Bertz CT molecular complexity index is 53.9. The maximum atomic E-state index is 6.32. The SMILES string of the molecule is N=C=CC[SiH3]. The van der Waals surface area contributed by atoms with Crippen LogP contribution in [0.4, 0.5) is 0 Å². The van der Waals surface area contributed by atoms with Crippen LogP contribution in [-0.4, -0.2) is 16.1 Å². The molecule has 0 radical (unpaired) electrons. The van der Waals surface area contributed by atoms with Crippen molar-refractivity contribution in [1.29, 1.82) is 5.41 Å². The molecule has 5 heavy (non-hydrogen) atoms. The second-order valence-electron chi connectivity index (χ2n) is 0.757. The van der Waals surface area contributed by atoms with E-state index in [1.165, 1.54) is 0 Å². The quantitative estimate of drug-likeness (QED) is 0.330. The largest absolute Gasteiger partial charge is 0.259 e. The van der Waals surface area contributed by atoms with E-state index in [1.807, 2.05) is 0 Å². The number of allylic oxidation sites excluding steroid dienone is 1. The molecular formula is C3H7NSi. The summed E-state index contributed by atoms with van der Waals surface area (Å²) in [5, 5.41) is 6.32. The summed E-state index contributed by atoms with van der Waals surface area (Å²) in [7, 11) is 1.16. The Labute approximate surface area is 34.6 Å². The number of rotatable bonds is 1. The molecule has 0 fully saturated rings. The molecule has 0 saturated carbocycles. The average Bonchev–Trinajstić information content (AvgIpc) is 1.41. The highest BCUT2D eigenvalue weighted by molar-refractivity contribution is 6.10. The van der Waals surface area contributed by atoms with Crippen molar-refractivity contribution in [2.24, 2.45) is 0 Å². The molecule has 0 rings (SSSR count). The van der Waals surface area contributed by atoms with Gasteiger partial charge in [-0.15, -0.1) is 0 Å². The predicted octanol–water partition coefficient (Wildman–Crippen LogP) is -0.425. The maximum Gasteiger partial charge on any atom is 0.00843 e. The van der Waals surface area contributed by atoms with Crippen LogP contribution in [0.1, 0.15) is 0 Å². The minimum atomic E-state index is 1.06. The smallest absolute Gasteiger partial charge is 0.00843 e. The van der Waals surface area contributed by atoms with Gasteiger partial charge < -0.3 is 0 Å². The standard InChI is InChI=1S/C3H7NSi/c4-2-1-3-5/h1,4H,3H2,5H3. The predicted molar refractivity (Wildman–Crippen MR) is 27.0 cm³/mol. The first-order chi connectivity index (χ1) is 2.41. The van der Waals surface area contributed by atoms with Gasteiger partial charge in [0, 0.05) is 10.2 Å². The van der Waals surface area contributed by atoms with Gasteiger partial charge in [0.05, 0.1) is 0 Å². The highest BCUT2D eigenvalue weighted by atomic mass is 28.1. The fourth-order valence-electron chi connectivity index (χ4n) is 0.102. The van der Waals surface area contributed by atoms with Crippen molar-refractivity contribution < 1.29 is 0 Å². The van der Waals surface area contributed by atoms with E-state index in [4.69, 9.17) is 5.41 Å². The van der Waals surface area contributed by atoms with Crippen LogP contribution in [0.2, 0.25) is 6.04 Å². The zero-order valence-electron chi connectivity index (χ0n) is 3.28.